The van der Waals surface area contributed by atoms with E-state index in [2.05, 4.69) is 9.71 Å². The van der Waals surface area contributed by atoms with Crippen LogP contribution in [0.2, 0.25) is 0 Å². The van der Waals surface area contributed by atoms with E-state index in [9.17, 15) is 8.42 Å². The average Bonchev–Trinajstić information content (AvgIpc) is 2.86. The second-order valence-corrected chi connectivity index (χ2v) is 7.67. The van der Waals surface area contributed by atoms with Gasteiger partial charge in [-0.05, 0) is 25.1 Å². The summed E-state index contributed by atoms with van der Waals surface area (Å²) in [6.07, 6.45) is 1.32. The lowest BCUT2D eigenvalue weighted by Crippen LogP contribution is -2.14. The van der Waals surface area contributed by atoms with Gasteiger partial charge < -0.3 is 10.5 Å². The minimum Gasteiger partial charge on any atom is -0.495 e. The van der Waals surface area contributed by atoms with Gasteiger partial charge in [0.25, 0.3) is 10.0 Å². The van der Waals surface area contributed by atoms with Crippen molar-refractivity contribution >= 4 is 44.3 Å². The van der Waals surface area contributed by atoms with Crippen LogP contribution in [-0.4, -0.2) is 25.5 Å². The van der Waals surface area contributed by atoms with Crippen molar-refractivity contribution in [3.63, 3.8) is 0 Å². The molecule has 0 amide bonds. The van der Waals surface area contributed by atoms with Crippen LogP contribution in [0.4, 0.5) is 5.69 Å². The zero-order valence-electron chi connectivity index (χ0n) is 11.3. The van der Waals surface area contributed by atoms with Gasteiger partial charge in [-0.1, -0.05) is 12.2 Å². The lowest BCUT2D eigenvalue weighted by atomic mass is 10.2. The maximum atomic E-state index is 12.3. The quantitative estimate of drug-likeness (QED) is 0.805. The summed E-state index contributed by atoms with van der Waals surface area (Å²) in [5.74, 6) is 0.338. The molecule has 0 aliphatic carbocycles. The summed E-state index contributed by atoms with van der Waals surface area (Å²) >= 11 is 5.97. The van der Waals surface area contributed by atoms with E-state index in [1.54, 1.807) is 25.1 Å². The number of nitrogens with one attached hydrogen (secondary N) is 1. The highest BCUT2D eigenvalue weighted by Gasteiger charge is 2.19. The molecule has 6 nitrogen and oxygen atoms in total. The third-order valence-electron chi connectivity index (χ3n) is 2.60. The molecule has 1 heterocycles. The number of benzene rings is 1. The van der Waals surface area contributed by atoms with Crippen LogP contribution in [0.5, 0.6) is 5.75 Å². The highest BCUT2D eigenvalue weighted by atomic mass is 32.2. The van der Waals surface area contributed by atoms with Gasteiger partial charge in [0.1, 0.15) is 10.7 Å². The zero-order chi connectivity index (χ0) is 15.6. The molecule has 0 radical (unpaired) electrons. The third-order valence-corrected chi connectivity index (χ3v) is 5.57. The fourth-order valence-corrected chi connectivity index (χ4v) is 3.89. The zero-order valence-corrected chi connectivity index (χ0v) is 13.7. The van der Waals surface area contributed by atoms with Gasteiger partial charge in [0.05, 0.1) is 24.0 Å². The predicted molar refractivity (Wildman–Crippen MR) is 86.5 cm³/mol. The Kier molecular flexibility index (Phi) is 4.45. The molecule has 3 N–H and O–H groups in total. The fraction of sp³-hybridized carbons (Fsp3) is 0.167. The van der Waals surface area contributed by atoms with Gasteiger partial charge in [0.2, 0.25) is 0 Å². The highest BCUT2D eigenvalue weighted by molar-refractivity contribution is 7.94. The van der Waals surface area contributed by atoms with E-state index in [0.29, 0.717) is 22.0 Å². The number of thiazole rings is 1. The number of rotatable bonds is 5. The number of ether oxygens (including phenoxy) is 1. The molecule has 0 unspecified atom stereocenters. The van der Waals surface area contributed by atoms with Gasteiger partial charge in [-0.25, -0.2) is 13.4 Å². The predicted octanol–water partition coefficient (Wildman–Crippen LogP) is 1.90. The minimum atomic E-state index is -3.70. The molecular formula is C12H13N3O3S3. The van der Waals surface area contributed by atoms with E-state index >= 15 is 0 Å². The van der Waals surface area contributed by atoms with Crippen LogP contribution >= 0.6 is 23.6 Å². The van der Waals surface area contributed by atoms with Gasteiger partial charge in [-0.2, -0.15) is 0 Å². The van der Waals surface area contributed by atoms with Crippen molar-refractivity contribution < 1.29 is 13.2 Å². The van der Waals surface area contributed by atoms with E-state index in [4.69, 9.17) is 22.7 Å². The van der Waals surface area contributed by atoms with Crippen LogP contribution < -0.4 is 15.2 Å². The third kappa shape index (κ3) is 3.49. The van der Waals surface area contributed by atoms with Gasteiger partial charge in [-0.3, -0.25) is 4.72 Å². The van der Waals surface area contributed by atoms with Crippen molar-refractivity contribution in [2.45, 2.75) is 11.1 Å². The number of aryl methyl sites for hydroxylation is 1. The van der Waals surface area contributed by atoms with E-state index in [0.717, 1.165) is 11.3 Å². The molecule has 0 saturated carbocycles. The number of methoxy groups -OCH3 is 1. The number of sulfonamides is 1. The average molecular weight is 343 g/mol. The van der Waals surface area contributed by atoms with Gasteiger partial charge in [-0.15, -0.1) is 11.3 Å². The first kappa shape index (κ1) is 15.7. The molecule has 0 aliphatic rings. The Hall–Kier alpha value is -1.71. The molecule has 9 heteroatoms. The van der Waals surface area contributed by atoms with Crippen molar-refractivity contribution in [1.82, 2.24) is 4.98 Å². The van der Waals surface area contributed by atoms with Crippen molar-refractivity contribution in [1.29, 1.82) is 0 Å². The summed E-state index contributed by atoms with van der Waals surface area (Å²) in [7, 11) is -2.26. The number of thiocarbonyl (C=S) groups is 1. The standard InChI is InChI=1S/C12H13N3O3S3/c1-7-14-6-11(20-7)21(16,17)15-9-4-3-8(12(13)19)5-10(9)18-2/h3-6,15H,1-2H3,(H2,13,19). The van der Waals surface area contributed by atoms with E-state index in [1.165, 1.54) is 13.3 Å². The Morgan fingerprint density at radius 3 is 2.71 bits per heavy atom. The summed E-state index contributed by atoms with van der Waals surface area (Å²) < 4.78 is 32.3. The first-order chi connectivity index (χ1) is 9.83. The Labute approximate surface area is 132 Å². The summed E-state index contributed by atoms with van der Waals surface area (Å²) in [6.45, 7) is 1.74. The molecule has 2 aromatic rings. The molecule has 2 rings (SSSR count). The maximum absolute atomic E-state index is 12.3. The molecule has 112 valence electrons. The van der Waals surface area contributed by atoms with Crippen molar-refractivity contribution in [3.05, 3.63) is 35.0 Å². The molecule has 1 aromatic heterocycles. The smallest absolute Gasteiger partial charge is 0.273 e. The van der Waals surface area contributed by atoms with Crippen LogP contribution in [0.25, 0.3) is 0 Å². The van der Waals surface area contributed by atoms with Crippen LogP contribution in [0.1, 0.15) is 10.6 Å². The molecule has 0 fully saturated rings. The molecule has 0 bridgehead atoms. The largest absolute Gasteiger partial charge is 0.495 e. The molecule has 1 aromatic carbocycles. The Morgan fingerprint density at radius 2 is 2.19 bits per heavy atom. The van der Waals surface area contributed by atoms with Crippen molar-refractivity contribution in [2.75, 3.05) is 11.8 Å². The fourth-order valence-electron chi connectivity index (χ4n) is 1.59. The summed E-state index contributed by atoms with van der Waals surface area (Å²) in [6, 6.07) is 4.76. The molecule has 21 heavy (non-hydrogen) atoms. The Bertz CT molecular complexity index is 784. The molecular weight excluding hydrogens is 330 g/mol. The van der Waals surface area contributed by atoms with E-state index in [-0.39, 0.29) is 9.20 Å². The number of hydrogen-bond acceptors (Lipinski definition) is 6. The van der Waals surface area contributed by atoms with Crippen LogP contribution in [0, 0.1) is 6.92 Å². The summed E-state index contributed by atoms with van der Waals surface area (Å²) in [5, 5.41) is 0.672. The van der Waals surface area contributed by atoms with E-state index < -0.39 is 10.0 Å². The molecule has 0 spiro atoms. The second-order valence-electron chi connectivity index (χ2n) is 4.08. The first-order valence-corrected chi connectivity index (χ1v) is 8.47. The number of aromatic nitrogens is 1. The van der Waals surface area contributed by atoms with Crippen LogP contribution in [-0.2, 0) is 10.0 Å². The van der Waals surface area contributed by atoms with Gasteiger partial charge in [0, 0.05) is 5.56 Å². The number of anilines is 1. The second kappa shape index (κ2) is 5.96. The van der Waals surface area contributed by atoms with Gasteiger partial charge >= 0.3 is 0 Å². The minimum absolute atomic E-state index is 0.139. The highest BCUT2D eigenvalue weighted by Crippen LogP contribution is 2.29. The molecule has 0 saturated heterocycles. The first-order valence-electron chi connectivity index (χ1n) is 5.76. The number of nitrogens with two attached hydrogens (primary N) is 1. The van der Waals surface area contributed by atoms with Crippen LogP contribution in [0.3, 0.4) is 0 Å². The Morgan fingerprint density at radius 1 is 1.48 bits per heavy atom. The normalized spacial score (nSPS) is 11.1. The van der Waals surface area contributed by atoms with Crippen LogP contribution in [0.15, 0.2) is 28.6 Å². The Balaban J connectivity index is 2.37. The number of hydrogen-bond donors (Lipinski definition) is 2. The number of nitrogens with zero attached hydrogens (tertiary/aromatic N) is 1. The summed E-state index contributed by atoms with van der Waals surface area (Å²) in [5.41, 5.74) is 6.44. The van der Waals surface area contributed by atoms with Gasteiger partial charge in [0.15, 0.2) is 4.21 Å². The molecule has 0 aliphatic heterocycles. The SMILES string of the molecule is COc1cc(C(N)=S)ccc1NS(=O)(=O)c1cnc(C)s1. The lowest BCUT2D eigenvalue weighted by Gasteiger charge is -2.12. The van der Waals surface area contributed by atoms with Crippen molar-refractivity contribution in [3.8, 4) is 5.75 Å². The molecule has 0 atom stereocenters. The lowest BCUT2D eigenvalue weighted by molar-refractivity contribution is 0.417. The topological polar surface area (TPSA) is 94.3 Å². The summed E-state index contributed by atoms with van der Waals surface area (Å²) in [4.78, 5) is 4.15. The maximum Gasteiger partial charge on any atom is 0.273 e. The van der Waals surface area contributed by atoms with E-state index in [1.807, 2.05) is 0 Å². The van der Waals surface area contributed by atoms with Crippen molar-refractivity contribution in [2.24, 2.45) is 5.73 Å². The monoisotopic (exact) mass is 343 g/mol.